The first-order valence-corrected chi connectivity index (χ1v) is 43.2. The standard InChI is InChI=1S/C78H123F9N10O34/c1-69(2)123-57-54(93-66(102)76(79,80)81)63-120-47-73(129-63,60(57)126-69)44-117-38-35-111-32-29-108-26-23-105-20-14-89-50(98)10-17-114-41-72(96-53(101)9-7-8-13-92-97-88,42-115-18-11-51(99)90-15-21-106-24-27-109-30-33-112-36-39-118-45-74-48-121-64(130-74)55(94-67(103)77(82,83)84)58-61(74)127-70(3,4)124-58)43-116-19-12-52(100)91-16-22-107-25-28-110-31-34-113-37-40-119-46-75-49-122-65(131-75)56(95-68(104)78(85,86)87)59-62(75)128-71(5,6)125-59/h54-65H,7-49H2,1-6H3,(H,89,98)(H,90,99)(H,91,100)(H,93,102)(H,94,103)(H,95,104)(H,96,101)/t54-,55-,56?,57-,58-,59-,60-,61-,62-,63+,64+,65+,73+,74+,75+/m1/s1. The molecule has 752 valence electrons. The first kappa shape index (κ1) is 109. The largest absolute Gasteiger partial charge is 0.471 e. The van der Waals surface area contributed by atoms with Crippen molar-refractivity contribution in [2.24, 2.45) is 5.11 Å². The minimum Gasteiger partial charge on any atom is -0.378 e. The molecule has 0 aromatic rings. The van der Waals surface area contributed by atoms with E-state index in [1.807, 2.05) is 16.0 Å². The lowest BCUT2D eigenvalue weighted by Crippen LogP contribution is -2.66. The summed E-state index contributed by atoms with van der Waals surface area (Å²) in [5.41, 5.74) is 3.66. The molecule has 9 heterocycles. The summed E-state index contributed by atoms with van der Waals surface area (Å²) in [7, 11) is 0. The van der Waals surface area contributed by atoms with Crippen LogP contribution in [-0.2, 0) is 161 Å². The third-order valence-electron chi connectivity index (χ3n) is 21.1. The summed E-state index contributed by atoms with van der Waals surface area (Å²) in [6.07, 6.45) is -24.7. The molecule has 1 unspecified atom stereocenters. The van der Waals surface area contributed by atoms with E-state index in [2.05, 4.69) is 31.3 Å². The zero-order valence-corrected chi connectivity index (χ0v) is 74.0. The van der Waals surface area contributed by atoms with Gasteiger partial charge in [0.15, 0.2) is 36.2 Å². The van der Waals surface area contributed by atoms with Gasteiger partial charge in [0.2, 0.25) is 23.6 Å². The number of nitrogens with one attached hydrogen (secondary N) is 7. The molecule has 53 heteroatoms. The van der Waals surface area contributed by atoms with E-state index >= 15 is 0 Å². The Labute approximate surface area is 748 Å². The third kappa shape index (κ3) is 34.5. The van der Waals surface area contributed by atoms with E-state index < -0.39 is 173 Å². The van der Waals surface area contributed by atoms with Crippen LogP contribution in [0.25, 0.3) is 10.4 Å². The molecule has 9 aliphatic heterocycles. The molecular formula is C78H123F9N10O34. The van der Waals surface area contributed by atoms with E-state index in [-0.39, 0.29) is 270 Å². The minimum atomic E-state index is -5.14. The van der Waals surface area contributed by atoms with Crippen LogP contribution in [0.4, 0.5) is 39.5 Å². The van der Waals surface area contributed by atoms with Crippen molar-refractivity contribution in [2.75, 3.05) is 244 Å². The Hall–Kier alpha value is -6.11. The van der Waals surface area contributed by atoms with Gasteiger partial charge in [-0.25, -0.2) is 0 Å². The number of amides is 7. The van der Waals surface area contributed by atoms with Gasteiger partial charge in [-0.1, -0.05) is 5.11 Å². The average molecular weight is 1920 g/mol. The SMILES string of the molecule is CC1(C)O[C@@H]2[C@@H](NC(=O)C(F)(F)F)[C@H]3OC[C@](COCCOCCOCCOCCNC(=O)CCOCC(COCCC(=O)NCCOCCOCCOCCOC[C@@]45CO[C@@H](O4)[C@H](NC(=O)C(F)(F)F)[C@H]4OC(C)(C)O[C@H]45)(COCCC(=O)NCCOCCOCCOCCOC[C@@]45CO[C@@H](O4)C(NC(=O)C(F)(F)F)[C@H]4OC(C)(C)O[C@H]45)NC(=O)CCCCN=[N+]=[N-])(O3)[C@@H]2O1. The van der Waals surface area contributed by atoms with Gasteiger partial charge in [0, 0.05) is 56.8 Å². The van der Waals surface area contributed by atoms with Crippen LogP contribution >= 0.6 is 0 Å². The number of hydrogen-bond acceptors (Lipinski definition) is 35. The summed E-state index contributed by atoms with van der Waals surface area (Å²) in [6, 6.07) is -3.89. The molecular weight excluding hydrogens is 1790 g/mol. The highest BCUT2D eigenvalue weighted by molar-refractivity contribution is 5.83. The Morgan fingerprint density at radius 3 is 0.878 bits per heavy atom. The number of azide groups is 1. The molecule has 44 nitrogen and oxygen atoms in total. The summed E-state index contributed by atoms with van der Waals surface area (Å²) in [5, 5.41) is 20.5. The molecule has 9 fully saturated rings. The van der Waals surface area contributed by atoms with Crippen LogP contribution in [0.2, 0.25) is 0 Å². The normalized spacial score (nSPS) is 28.1. The quantitative estimate of drug-likeness (QED) is 0.0140. The fourth-order valence-corrected chi connectivity index (χ4v) is 15.2. The first-order chi connectivity index (χ1) is 62.3. The Morgan fingerprint density at radius 2 is 0.611 bits per heavy atom. The van der Waals surface area contributed by atoms with Gasteiger partial charge in [-0.15, -0.1) is 0 Å². The molecule has 0 radical (unpaired) electrons. The maximum atomic E-state index is 13.7. The Morgan fingerprint density at radius 1 is 0.344 bits per heavy atom. The van der Waals surface area contributed by atoms with Crippen molar-refractivity contribution >= 4 is 41.4 Å². The van der Waals surface area contributed by atoms with E-state index in [9.17, 15) is 73.1 Å². The molecule has 0 saturated carbocycles. The zero-order chi connectivity index (χ0) is 94.8. The number of hydrogen-bond donors (Lipinski definition) is 7. The van der Waals surface area contributed by atoms with E-state index in [0.29, 0.717) is 12.8 Å². The molecule has 9 aliphatic rings. The minimum absolute atomic E-state index is 0.0145. The maximum absolute atomic E-state index is 13.7. The van der Waals surface area contributed by atoms with Gasteiger partial charge in [-0.3, -0.25) is 33.6 Å². The van der Waals surface area contributed by atoms with Gasteiger partial charge in [-0.2, -0.15) is 39.5 Å². The highest BCUT2D eigenvalue weighted by atomic mass is 19.4. The molecule has 15 atom stereocenters. The van der Waals surface area contributed by atoms with Crippen LogP contribution in [0.1, 0.15) is 80.1 Å². The lowest BCUT2D eigenvalue weighted by Gasteiger charge is -2.42. The number of ether oxygens (including phenoxy) is 27. The molecule has 6 bridgehead atoms. The van der Waals surface area contributed by atoms with E-state index in [1.165, 1.54) is 0 Å². The van der Waals surface area contributed by atoms with Crippen LogP contribution < -0.4 is 37.2 Å². The molecule has 131 heavy (non-hydrogen) atoms. The maximum Gasteiger partial charge on any atom is 0.471 e. The van der Waals surface area contributed by atoms with E-state index in [1.54, 1.807) is 41.5 Å². The highest BCUT2D eigenvalue weighted by Gasteiger charge is 2.70. The van der Waals surface area contributed by atoms with Crippen LogP contribution in [-0.4, -0.2) is 417 Å². The summed E-state index contributed by atoms with van der Waals surface area (Å²) in [6.45, 7) is 11.9. The van der Waals surface area contributed by atoms with Crippen molar-refractivity contribution in [2.45, 2.75) is 212 Å². The monoisotopic (exact) mass is 1910 g/mol. The second-order valence-electron chi connectivity index (χ2n) is 33.0. The molecule has 0 aromatic heterocycles. The molecule has 0 spiro atoms. The van der Waals surface area contributed by atoms with Gasteiger partial charge in [0.1, 0.15) is 77.1 Å². The fourth-order valence-electron chi connectivity index (χ4n) is 15.2. The number of carbonyl (C=O) groups is 7. The third-order valence-corrected chi connectivity index (χ3v) is 21.1. The Kier molecular flexibility index (Phi) is 43.0. The van der Waals surface area contributed by atoms with Crippen molar-refractivity contribution in [1.82, 2.24) is 37.2 Å². The topological polar surface area (TPSA) is 502 Å². The van der Waals surface area contributed by atoms with Gasteiger partial charge in [-0.05, 0) is 59.9 Å². The number of alkyl halides is 9. The fraction of sp³-hybridized carbons (Fsp3) is 0.910. The van der Waals surface area contributed by atoms with E-state index in [4.69, 9.17) is 133 Å². The zero-order valence-electron chi connectivity index (χ0n) is 74.0. The number of carbonyl (C=O) groups excluding carboxylic acids is 7. The Bertz CT molecular complexity index is 3270. The van der Waals surface area contributed by atoms with E-state index in [0.717, 1.165) is 0 Å². The molecule has 9 rings (SSSR count). The summed E-state index contributed by atoms with van der Waals surface area (Å²) >= 11 is 0. The molecule has 9 saturated heterocycles. The van der Waals surface area contributed by atoms with Gasteiger partial charge < -0.3 is 165 Å². The Balaban J connectivity index is 0.633. The smallest absolute Gasteiger partial charge is 0.378 e. The van der Waals surface area contributed by atoms with Crippen molar-refractivity contribution in [3.63, 3.8) is 0 Å². The predicted molar refractivity (Wildman–Crippen MR) is 420 cm³/mol. The van der Waals surface area contributed by atoms with Gasteiger partial charge in [0.05, 0.1) is 218 Å². The number of halogens is 9. The highest BCUT2D eigenvalue weighted by Crippen LogP contribution is 2.50. The summed E-state index contributed by atoms with van der Waals surface area (Å²) in [4.78, 5) is 90.9. The number of unbranched alkanes of at least 4 members (excludes halogenated alkanes) is 1. The number of nitrogens with zero attached hydrogens (tertiary/aromatic N) is 3. The molecule has 7 N–H and O–H groups in total. The summed E-state index contributed by atoms with van der Waals surface area (Å²) in [5.74, 6) is -11.7. The lowest BCUT2D eigenvalue weighted by molar-refractivity contribution is -0.218. The van der Waals surface area contributed by atoms with Crippen molar-refractivity contribution in [1.29, 1.82) is 0 Å². The predicted octanol–water partition coefficient (Wildman–Crippen LogP) is 0.167. The van der Waals surface area contributed by atoms with Crippen LogP contribution in [0.3, 0.4) is 0 Å². The second-order valence-corrected chi connectivity index (χ2v) is 33.0. The first-order valence-electron chi connectivity index (χ1n) is 43.2. The van der Waals surface area contributed by atoms with Gasteiger partial charge >= 0.3 is 36.3 Å². The molecule has 0 aromatic carbocycles. The summed E-state index contributed by atoms with van der Waals surface area (Å²) < 4.78 is 275. The number of fused-ring (bicyclic) bond motifs is 12. The molecule has 7 amide bonds. The van der Waals surface area contributed by atoms with Crippen molar-refractivity contribution in [3.8, 4) is 0 Å². The lowest BCUT2D eigenvalue weighted by atomic mass is 9.88. The van der Waals surface area contributed by atoms with Gasteiger partial charge in [0.25, 0.3) is 0 Å². The second kappa shape index (κ2) is 51.9. The van der Waals surface area contributed by atoms with Crippen molar-refractivity contribution in [3.05, 3.63) is 10.4 Å². The number of rotatable bonds is 66. The van der Waals surface area contributed by atoms with Crippen LogP contribution in [0.15, 0.2) is 5.11 Å². The van der Waals surface area contributed by atoms with Crippen LogP contribution in [0, 0.1) is 0 Å². The molecule has 0 aliphatic carbocycles. The van der Waals surface area contributed by atoms with Crippen molar-refractivity contribution < 1.29 is 201 Å². The average Bonchev–Trinajstić information content (AvgIpc) is 1.58. The van der Waals surface area contributed by atoms with Crippen LogP contribution in [0.5, 0.6) is 0 Å².